The molecule has 5 nitrogen and oxygen atoms in total. The lowest BCUT2D eigenvalue weighted by Gasteiger charge is -2.32. The first kappa shape index (κ1) is 20.4. The summed E-state index contributed by atoms with van der Waals surface area (Å²) in [6.07, 6.45) is 3.89. The summed E-state index contributed by atoms with van der Waals surface area (Å²) in [7, 11) is 0. The van der Waals surface area contributed by atoms with Crippen molar-refractivity contribution < 1.29 is 14.3 Å². The smallest absolute Gasteiger partial charge is 0.252 e. The van der Waals surface area contributed by atoms with Crippen molar-refractivity contribution in [2.45, 2.75) is 45.1 Å². The van der Waals surface area contributed by atoms with E-state index in [-0.39, 0.29) is 17.9 Å². The molecule has 2 aromatic rings. The number of ether oxygens (including phenoxy) is 1. The predicted molar refractivity (Wildman–Crippen MR) is 112 cm³/mol. The van der Waals surface area contributed by atoms with Crippen LogP contribution in [-0.2, 0) is 4.79 Å². The van der Waals surface area contributed by atoms with Gasteiger partial charge in [-0.2, -0.15) is 11.3 Å². The summed E-state index contributed by atoms with van der Waals surface area (Å²) in [5, 5.41) is 6.84. The van der Waals surface area contributed by atoms with Crippen molar-refractivity contribution in [3.8, 4) is 5.75 Å². The summed E-state index contributed by atoms with van der Waals surface area (Å²) in [6.45, 7) is 4.11. The van der Waals surface area contributed by atoms with Crippen molar-refractivity contribution in [3.05, 3.63) is 52.2 Å². The Morgan fingerprint density at radius 2 is 2.04 bits per heavy atom. The van der Waals surface area contributed by atoms with E-state index in [4.69, 9.17) is 4.74 Å². The van der Waals surface area contributed by atoms with Gasteiger partial charge in [0.1, 0.15) is 5.75 Å². The van der Waals surface area contributed by atoms with Gasteiger partial charge >= 0.3 is 0 Å². The number of thiophene rings is 1. The van der Waals surface area contributed by atoms with Gasteiger partial charge in [0, 0.05) is 36.5 Å². The molecule has 1 saturated heterocycles. The van der Waals surface area contributed by atoms with Crippen LogP contribution in [0.2, 0.25) is 0 Å². The monoisotopic (exact) mass is 400 g/mol. The van der Waals surface area contributed by atoms with E-state index in [1.165, 1.54) is 16.9 Å². The van der Waals surface area contributed by atoms with Crippen LogP contribution in [0.25, 0.3) is 0 Å². The summed E-state index contributed by atoms with van der Waals surface area (Å²) in [6, 6.07) is 10.00. The Morgan fingerprint density at radius 1 is 1.21 bits per heavy atom. The number of nitrogens with zero attached hydrogens (tertiary/aromatic N) is 1. The van der Waals surface area contributed by atoms with E-state index < -0.39 is 0 Å². The van der Waals surface area contributed by atoms with Gasteiger partial charge in [-0.1, -0.05) is 12.1 Å². The molecule has 1 aliphatic heterocycles. The van der Waals surface area contributed by atoms with Crippen molar-refractivity contribution in [1.82, 2.24) is 10.2 Å². The topological polar surface area (TPSA) is 58.6 Å². The van der Waals surface area contributed by atoms with E-state index in [1.807, 2.05) is 52.9 Å². The zero-order chi connectivity index (χ0) is 19.8. The molecule has 1 fully saturated rings. The molecule has 1 aromatic heterocycles. The maximum absolute atomic E-state index is 12.4. The Morgan fingerprint density at radius 3 is 2.75 bits per heavy atom. The number of piperidine rings is 1. The second-order valence-electron chi connectivity index (χ2n) is 7.26. The second kappa shape index (κ2) is 10.3. The minimum absolute atomic E-state index is 0.0142. The van der Waals surface area contributed by atoms with E-state index in [0.29, 0.717) is 26.1 Å². The van der Waals surface area contributed by atoms with Crippen molar-refractivity contribution in [1.29, 1.82) is 0 Å². The quantitative estimate of drug-likeness (QED) is 0.681. The van der Waals surface area contributed by atoms with Crippen LogP contribution in [0.15, 0.2) is 41.1 Å². The summed E-state index contributed by atoms with van der Waals surface area (Å²) >= 11 is 1.52. The molecule has 0 spiro atoms. The normalized spacial score (nSPS) is 14.7. The number of hydrogen-bond donors (Lipinski definition) is 1. The fraction of sp³-hybridized carbons (Fsp3) is 0.455. The minimum atomic E-state index is -0.0142. The fourth-order valence-corrected chi connectivity index (χ4v) is 4.00. The zero-order valence-electron chi connectivity index (χ0n) is 16.4. The summed E-state index contributed by atoms with van der Waals surface area (Å²) in [5.74, 6) is 1.08. The van der Waals surface area contributed by atoms with E-state index in [2.05, 4.69) is 5.32 Å². The molecule has 0 bridgehead atoms. The number of likely N-dealkylation sites (tertiary alicyclic amines) is 1. The van der Waals surface area contributed by atoms with Gasteiger partial charge in [0.25, 0.3) is 5.91 Å². The molecule has 6 heteroatoms. The van der Waals surface area contributed by atoms with E-state index in [9.17, 15) is 9.59 Å². The highest BCUT2D eigenvalue weighted by atomic mass is 32.1. The SMILES string of the molecule is Cc1cccc(OCCCCC(=O)N2CCC(NC(=O)c3ccsc3)CC2)c1. The Kier molecular flexibility index (Phi) is 7.48. The molecule has 0 saturated carbocycles. The van der Waals surface area contributed by atoms with Crippen molar-refractivity contribution in [2.75, 3.05) is 19.7 Å². The maximum Gasteiger partial charge on any atom is 0.252 e. The number of hydrogen-bond acceptors (Lipinski definition) is 4. The van der Waals surface area contributed by atoms with Crippen LogP contribution in [0.4, 0.5) is 0 Å². The van der Waals surface area contributed by atoms with Gasteiger partial charge in [-0.15, -0.1) is 0 Å². The fourth-order valence-electron chi connectivity index (χ4n) is 3.37. The molecule has 2 amide bonds. The van der Waals surface area contributed by atoms with Crippen LogP contribution in [-0.4, -0.2) is 42.5 Å². The summed E-state index contributed by atoms with van der Waals surface area (Å²) < 4.78 is 5.73. The first-order valence-electron chi connectivity index (χ1n) is 9.92. The number of nitrogens with one attached hydrogen (secondary N) is 1. The van der Waals surface area contributed by atoms with Crippen LogP contribution < -0.4 is 10.1 Å². The number of unbranched alkanes of at least 4 members (excludes halogenated alkanes) is 1. The molecule has 1 aromatic carbocycles. The Bertz CT molecular complexity index is 768. The van der Waals surface area contributed by atoms with Gasteiger partial charge < -0.3 is 15.0 Å². The lowest BCUT2D eigenvalue weighted by Crippen LogP contribution is -2.46. The van der Waals surface area contributed by atoms with Gasteiger partial charge in [-0.05, 0) is 61.7 Å². The Balaban J connectivity index is 1.29. The maximum atomic E-state index is 12.4. The highest BCUT2D eigenvalue weighted by molar-refractivity contribution is 7.08. The third-order valence-corrected chi connectivity index (χ3v) is 5.69. The molecule has 150 valence electrons. The summed E-state index contributed by atoms with van der Waals surface area (Å²) in [5.41, 5.74) is 1.90. The number of rotatable bonds is 8. The molecule has 2 heterocycles. The first-order chi connectivity index (χ1) is 13.6. The van der Waals surface area contributed by atoms with Crippen LogP contribution in [0.1, 0.15) is 48.0 Å². The molecule has 1 N–H and O–H groups in total. The second-order valence-corrected chi connectivity index (χ2v) is 8.04. The average Bonchev–Trinajstić information content (AvgIpc) is 3.23. The first-order valence-corrected chi connectivity index (χ1v) is 10.9. The number of amides is 2. The molecule has 0 radical (unpaired) electrons. The van der Waals surface area contributed by atoms with Crippen LogP contribution in [0.3, 0.4) is 0 Å². The number of carbonyl (C=O) groups excluding carboxylic acids is 2. The van der Waals surface area contributed by atoms with Gasteiger partial charge in [-0.25, -0.2) is 0 Å². The van der Waals surface area contributed by atoms with Crippen molar-refractivity contribution in [3.63, 3.8) is 0 Å². The highest BCUT2D eigenvalue weighted by Crippen LogP contribution is 2.15. The highest BCUT2D eigenvalue weighted by Gasteiger charge is 2.23. The molecule has 3 rings (SSSR count). The minimum Gasteiger partial charge on any atom is -0.494 e. The largest absolute Gasteiger partial charge is 0.494 e. The van der Waals surface area contributed by atoms with Crippen LogP contribution in [0, 0.1) is 6.92 Å². The number of benzene rings is 1. The van der Waals surface area contributed by atoms with Gasteiger partial charge in [0.05, 0.1) is 6.61 Å². The van der Waals surface area contributed by atoms with E-state index in [1.54, 1.807) is 0 Å². The third-order valence-electron chi connectivity index (χ3n) is 5.01. The molecule has 0 aliphatic carbocycles. The Labute approximate surface area is 170 Å². The average molecular weight is 401 g/mol. The Hall–Kier alpha value is -2.34. The molecular weight excluding hydrogens is 372 g/mol. The van der Waals surface area contributed by atoms with Gasteiger partial charge in [0.2, 0.25) is 5.91 Å². The standard InChI is InChI=1S/C22H28N2O3S/c1-17-5-4-6-20(15-17)27-13-3-2-7-21(25)24-11-8-19(9-12-24)23-22(26)18-10-14-28-16-18/h4-6,10,14-16,19H,2-3,7-9,11-13H2,1H3,(H,23,26). The van der Waals surface area contributed by atoms with Crippen LogP contribution in [0.5, 0.6) is 5.75 Å². The summed E-state index contributed by atoms with van der Waals surface area (Å²) in [4.78, 5) is 26.4. The van der Waals surface area contributed by atoms with Gasteiger partial charge in [0.15, 0.2) is 0 Å². The number of aryl methyl sites for hydroxylation is 1. The lowest BCUT2D eigenvalue weighted by molar-refractivity contribution is -0.132. The van der Waals surface area contributed by atoms with E-state index in [0.717, 1.165) is 37.0 Å². The van der Waals surface area contributed by atoms with Crippen LogP contribution >= 0.6 is 11.3 Å². The molecular formula is C22H28N2O3S. The molecule has 0 unspecified atom stereocenters. The molecule has 28 heavy (non-hydrogen) atoms. The van der Waals surface area contributed by atoms with Crippen molar-refractivity contribution >= 4 is 23.2 Å². The molecule has 0 atom stereocenters. The van der Waals surface area contributed by atoms with Crippen molar-refractivity contribution in [2.24, 2.45) is 0 Å². The van der Waals surface area contributed by atoms with Gasteiger partial charge in [-0.3, -0.25) is 9.59 Å². The number of carbonyl (C=O) groups is 2. The zero-order valence-corrected chi connectivity index (χ0v) is 17.2. The third kappa shape index (κ3) is 6.09. The predicted octanol–water partition coefficient (Wildman–Crippen LogP) is 4.03. The lowest BCUT2D eigenvalue weighted by atomic mass is 10.0. The van der Waals surface area contributed by atoms with E-state index >= 15 is 0 Å². The molecule has 1 aliphatic rings.